The lowest BCUT2D eigenvalue weighted by Gasteiger charge is -2.16. The summed E-state index contributed by atoms with van der Waals surface area (Å²) < 4.78 is 0. The first-order valence-electron chi connectivity index (χ1n) is 6.35. The molecule has 0 bridgehead atoms. The Labute approximate surface area is 114 Å². The predicted molar refractivity (Wildman–Crippen MR) is 75.4 cm³/mol. The van der Waals surface area contributed by atoms with E-state index < -0.39 is 0 Å². The maximum absolute atomic E-state index is 8.88. The van der Waals surface area contributed by atoms with Gasteiger partial charge in [0.05, 0.1) is 11.6 Å². The Morgan fingerprint density at radius 3 is 2.84 bits per heavy atom. The first-order chi connectivity index (χ1) is 9.28. The fourth-order valence-corrected chi connectivity index (χ4v) is 1.98. The number of aromatic nitrogens is 1. The number of nitriles is 1. The van der Waals surface area contributed by atoms with E-state index in [4.69, 9.17) is 5.26 Å². The minimum atomic E-state index is 0.718. The molecule has 2 rings (SSSR count). The van der Waals surface area contributed by atoms with Crippen molar-refractivity contribution in [3.05, 3.63) is 65.5 Å². The summed E-state index contributed by atoms with van der Waals surface area (Å²) in [5, 5.41) is 8.88. The monoisotopic (exact) mass is 251 g/mol. The smallest absolute Gasteiger partial charge is 0.0991 e. The molecule has 0 atom stereocenters. The largest absolute Gasteiger partial charge is 0.302 e. The van der Waals surface area contributed by atoms with Gasteiger partial charge in [-0.3, -0.25) is 4.98 Å². The van der Waals surface area contributed by atoms with E-state index in [1.165, 1.54) is 5.56 Å². The van der Waals surface area contributed by atoms with E-state index >= 15 is 0 Å². The highest BCUT2D eigenvalue weighted by Gasteiger charge is 2.02. The Balaban J connectivity index is 1.87. The molecule has 0 N–H and O–H groups in total. The van der Waals surface area contributed by atoms with Crippen LogP contribution in [-0.2, 0) is 13.0 Å². The third kappa shape index (κ3) is 4.20. The predicted octanol–water partition coefficient (Wildman–Crippen LogP) is 2.63. The molecule has 0 radical (unpaired) electrons. The van der Waals surface area contributed by atoms with Crippen molar-refractivity contribution in [3.63, 3.8) is 0 Å². The molecular weight excluding hydrogens is 234 g/mol. The number of hydrogen-bond acceptors (Lipinski definition) is 3. The van der Waals surface area contributed by atoms with E-state index in [0.717, 1.165) is 30.8 Å². The molecule has 96 valence electrons. The molecule has 1 heterocycles. The maximum Gasteiger partial charge on any atom is 0.0991 e. The van der Waals surface area contributed by atoms with Crippen LogP contribution in [0.4, 0.5) is 0 Å². The van der Waals surface area contributed by atoms with E-state index in [9.17, 15) is 0 Å². The number of likely N-dealkylation sites (N-methyl/N-ethyl adjacent to an activating group) is 1. The van der Waals surface area contributed by atoms with Crippen LogP contribution in [0.25, 0.3) is 0 Å². The van der Waals surface area contributed by atoms with Gasteiger partial charge in [-0.25, -0.2) is 0 Å². The number of pyridine rings is 1. The number of nitrogens with zero attached hydrogens (tertiary/aromatic N) is 3. The molecule has 0 spiro atoms. The first kappa shape index (κ1) is 13.3. The van der Waals surface area contributed by atoms with Crippen molar-refractivity contribution in [1.29, 1.82) is 5.26 Å². The van der Waals surface area contributed by atoms with Crippen molar-refractivity contribution in [1.82, 2.24) is 9.88 Å². The van der Waals surface area contributed by atoms with Crippen LogP contribution in [-0.4, -0.2) is 23.5 Å². The van der Waals surface area contributed by atoms with Gasteiger partial charge >= 0.3 is 0 Å². The second kappa shape index (κ2) is 6.67. The molecular formula is C16H17N3. The summed E-state index contributed by atoms with van der Waals surface area (Å²) in [7, 11) is 2.09. The second-order valence-corrected chi connectivity index (χ2v) is 4.62. The molecule has 0 aliphatic heterocycles. The summed E-state index contributed by atoms with van der Waals surface area (Å²) in [5.41, 5.74) is 3.00. The molecule has 1 aromatic carbocycles. The van der Waals surface area contributed by atoms with Crippen LogP contribution < -0.4 is 0 Å². The lowest BCUT2D eigenvalue weighted by atomic mass is 10.1. The van der Waals surface area contributed by atoms with Crippen LogP contribution in [0.15, 0.2) is 48.7 Å². The fourth-order valence-electron chi connectivity index (χ4n) is 1.98. The third-order valence-electron chi connectivity index (χ3n) is 2.98. The molecule has 0 saturated carbocycles. The van der Waals surface area contributed by atoms with Gasteiger partial charge < -0.3 is 4.90 Å². The van der Waals surface area contributed by atoms with Crippen molar-refractivity contribution in [2.24, 2.45) is 0 Å². The van der Waals surface area contributed by atoms with Crippen LogP contribution in [0.2, 0.25) is 0 Å². The second-order valence-electron chi connectivity index (χ2n) is 4.62. The van der Waals surface area contributed by atoms with Gasteiger partial charge in [0.1, 0.15) is 0 Å². The third-order valence-corrected chi connectivity index (χ3v) is 2.98. The Morgan fingerprint density at radius 2 is 2.11 bits per heavy atom. The summed E-state index contributed by atoms with van der Waals surface area (Å²) in [6.07, 6.45) is 2.76. The highest BCUT2D eigenvalue weighted by Crippen LogP contribution is 2.07. The molecule has 0 saturated heterocycles. The van der Waals surface area contributed by atoms with Crippen molar-refractivity contribution in [2.45, 2.75) is 13.0 Å². The van der Waals surface area contributed by atoms with E-state index in [-0.39, 0.29) is 0 Å². The maximum atomic E-state index is 8.88. The van der Waals surface area contributed by atoms with Gasteiger partial charge in [-0.2, -0.15) is 5.26 Å². The highest BCUT2D eigenvalue weighted by atomic mass is 15.1. The van der Waals surface area contributed by atoms with Crippen molar-refractivity contribution < 1.29 is 0 Å². The van der Waals surface area contributed by atoms with Gasteiger partial charge in [0, 0.05) is 31.4 Å². The zero-order valence-electron chi connectivity index (χ0n) is 11.1. The Morgan fingerprint density at radius 1 is 1.21 bits per heavy atom. The standard InChI is InChI=1S/C16H17N3/c1-19(10-8-16-7-2-3-9-18-16)13-15-6-4-5-14(11-15)12-17/h2-7,9,11H,8,10,13H2,1H3. The van der Waals surface area contributed by atoms with Gasteiger partial charge in [-0.15, -0.1) is 0 Å². The molecule has 0 amide bonds. The van der Waals surface area contributed by atoms with Gasteiger partial charge in [0.15, 0.2) is 0 Å². The van der Waals surface area contributed by atoms with E-state index in [0.29, 0.717) is 0 Å². The Kier molecular flexibility index (Phi) is 4.66. The molecule has 3 nitrogen and oxygen atoms in total. The number of hydrogen-bond donors (Lipinski definition) is 0. The van der Waals surface area contributed by atoms with Crippen LogP contribution in [0.5, 0.6) is 0 Å². The van der Waals surface area contributed by atoms with Gasteiger partial charge in [0.25, 0.3) is 0 Å². The zero-order chi connectivity index (χ0) is 13.5. The van der Waals surface area contributed by atoms with Crippen LogP contribution in [0, 0.1) is 11.3 Å². The van der Waals surface area contributed by atoms with Crippen LogP contribution in [0.3, 0.4) is 0 Å². The summed E-state index contributed by atoms with van der Waals surface area (Å²) in [6, 6.07) is 15.9. The van der Waals surface area contributed by atoms with Crippen molar-refractivity contribution in [3.8, 4) is 6.07 Å². The molecule has 0 fully saturated rings. The number of benzene rings is 1. The summed E-state index contributed by atoms with van der Waals surface area (Å²) in [4.78, 5) is 6.56. The zero-order valence-corrected chi connectivity index (χ0v) is 11.1. The summed E-state index contributed by atoms with van der Waals surface area (Å²) in [5.74, 6) is 0. The summed E-state index contributed by atoms with van der Waals surface area (Å²) >= 11 is 0. The molecule has 0 aliphatic carbocycles. The highest BCUT2D eigenvalue weighted by molar-refractivity contribution is 5.32. The average molecular weight is 251 g/mol. The molecule has 3 heteroatoms. The van der Waals surface area contributed by atoms with Gasteiger partial charge in [0.2, 0.25) is 0 Å². The van der Waals surface area contributed by atoms with Crippen molar-refractivity contribution >= 4 is 0 Å². The first-order valence-corrected chi connectivity index (χ1v) is 6.35. The lowest BCUT2D eigenvalue weighted by molar-refractivity contribution is 0.330. The van der Waals surface area contributed by atoms with E-state index in [1.54, 1.807) is 0 Å². The Bertz CT molecular complexity index is 558. The molecule has 19 heavy (non-hydrogen) atoms. The molecule has 2 aromatic rings. The van der Waals surface area contributed by atoms with Crippen LogP contribution >= 0.6 is 0 Å². The average Bonchev–Trinajstić information content (AvgIpc) is 2.46. The minimum absolute atomic E-state index is 0.718. The summed E-state index contributed by atoms with van der Waals surface area (Å²) in [6.45, 7) is 1.80. The van der Waals surface area contributed by atoms with Crippen LogP contribution in [0.1, 0.15) is 16.8 Å². The SMILES string of the molecule is CN(CCc1ccccn1)Cc1cccc(C#N)c1. The minimum Gasteiger partial charge on any atom is -0.302 e. The number of rotatable bonds is 5. The molecule has 0 unspecified atom stereocenters. The topological polar surface area (TPSA) is 39.9 Å². The lowest BCUT2D eigenvalue weighted by Crippen LogP contribution is -2.21. The van der Waals surface area contributed by atoms with E-state index in [1.807, 2.05) is 42.6 Å². The molecule has 0 aliphatic rings. The molecule has 1 aromatic heterocycles. The quantitative estimate of drug-likeness (QED) is 0.820. The fraction of sp³-hybridized carbons (Fsp3) is 0.250. The van der Waals surface area contributed by atoms with Crippen molar-refractivity contribution in [2.75, 3.05) is 13.6 Å². The Hall–Kier alpha value is -2.18. The van der Waals surface area contributed by atoms with E-state index in [2.05, 4.69) is 29.1 Å². The normalized spacial score (nSPS) is 10.4. The van der Waals surface area contributed by atoms with Gasteiger partial charge in [-0.1, -0.05) is 18.2 Å². The van der Waals surface area contributed by atoms with Gasteiger partial charge in [-0.05, 0) is 36.9 Å².